The van der Waals surface area contributed by atoms with Crippen LogP contribution in [0.4, 0.5) is 11.4 Å². The minimum absolute atomic E-state index is 0.737. The van der Waals surface area contributed by atoms with Crippen LogP contribution < -0.4 is 11.1 Å². The van der Waals surface area contributed by atoms with Crippen molar-refractivity contribution in [2.45, 2.75) is 6.92 Å². The summed E-state index contributed by atoms with van der Waals surface area (Å²) in [6, 6.07) is 15.5. The number of nitrogens with two attached hydrogens (primary N) is 1. The van der Waals surface area contributed by atoms with E-state index in [0.29, 0.717) is 0 Å². The Hall–Kier alpha value is -2.66. The molecule has 0 unspecified atom stereocenters. The Labute approximate surface area is 114 Å². The van der Waals surface area contributed by atoms with Crippen molar-refractivity contribution in [2.75, 3.05) is 11.1 Å². The summed E-state index contributed by atoms with van der Waals surface area (Å²) in [6.45, 7) is 1.97. The topological polar surface area (TPSA) is 38.0 Å². The van der Waals surface area contributed by atoms with E-state index < -0.39 is 0 Å². The number of anilines is 2. The molecule has 2 aromatic carbocycles. The molecule has 2 aromatic rings. The summed E-state index contributed by atoms with van der Waals surface area (Å²) in [5, 5.41) is 3.34. The lowest BCUT2D eigenvalue weighted by atomic mass is 10.1. The predicted molar refractivity (Wildman–Crippen MR) is 82.5 cm³/mol. The lowest BCUT2D eigenvalue weighted by Gasteiger charge is -2.14. The van der Waals surface area contributed by atoms with E-state index in [1.54, 1.807) is 0 Å². The zero-order chi connectivity index (χ0) is 13.7. The summed E-state index contributed by atoms with van der Waals surface area (Å²) in [5.41, 5.74) is 10.4. The number of terminal acetylenes is 1. The second-order valence-corrected chi connectivity index (χ2v) is 4.10. The molecule has 0 atom stereocenters. The maximum Gasteiger partial charge on any atom is 0.0543 e. The fraction of sp³-hybridized carbons (Fsp3) is 0.0588. The normalized spacial score (nSPS) is 10.8. The van der Waals surface area contributed by atoms with Crippen molar-refractivity contribution in [1.29, 1.82) is 0 Å². The Kier molecular flexibility index (Phi) is 3.90. The van der Waals surface area contributed by atoms with E-state index in [0.717, 1.165) is 28.2 Å². The first-order chi connectivity index (χ1) is 9.26. The molecule has 0 aliphatic heterocycles. The number of para-hydroxylation sites is 2. The zero-order valence-electron chi connectivity index (χ0n) is 10.9. The van der Waals surface area contributed by atoms with Gasteiger partial charge in [0.15, 0.2) is 0 Å². The van der Waals surface area contributed by atoms with Crippen LogP contribution in [0.25, 0.3) is 5.70 Å². The third kappa shape index (κ3) is 2.78. The highest BCUT2D eigenvalue weighted by Gasteiger charge is 2.06. The zero-order valence-corrected chi connectivity index (χ0v) is 10.9. The minimum Gasteiger partial charge on any atom is -0.398 e. The number of hydrogen-bond donors (Lipinski definition) is 2. The largest absolute Gasteiger partial charge is 0.398 e. The van der Waals surface area contributed by atoms with Gasteiger partial charge in [-0.2, -0.15) is 0 Å². The first kappa shape index (κ1) is 12.8. The Morgan fingerprint density at radius 3 is 2.53 bits per heavy atom. The predicted octanol–water partition coefficient (Wildman–Crippen LogP) is 3.72. The van der Waals surface area contributed by atoms with E-state index in [-0.39, 0.29) is 0 Å². The summed E-state index contributed by atoms with van der Waals surface area (Å²) in [4.78, 5) is 0. The highest BCUT2D eigenvalue weighted by Crippen LogP contribution is 2.24. The fourth-order valence-electron chi connectivity index (χ4n) is 1.90. The molecule has 0 amide bonds. The van der Waals surface area contributed by atoms with Gasteiger partial charge in [-0.25, -0.2) is 0 Å². The molecule has 2 heteroatoms. The average Bonchev–Trinajstić information content (AvgIpc) is 2.46. The molecular formula is C17H16N2. The van der Waals surface area contributed by atoms with Crippen molar-refractivity contribution in [3.05, 3.63) is 65.7 Å². The van der Waals surface area contributed by atoms with Crippen LogP contribution in [-0.2, 0) is 0 Å². The highest BCUT2D eigenvalue weighted by atomic mass is 14.9. The standard InChI is InChI=1S/C17H16N2/c1-3-13-9-5-8-12-17(13)19-16(4-2)14-10-6-7-11-15(14)18/h1,4-12,19H,18H2,2H3. The minimum atomic E-state index is 0.737. The van der Waals surface area contributed by atoms with Gasteiger partial charge in [-0.3, -0.25) is 0 Å². The van der Waals surface area contributed by atoms with Gasteiger partial charge in [0.1, 0.15) is 0 Å². The Morgan fingerprint density at radius 1 is 1.16 bits per heavy atom. The quantitative estimate of drug-likeness (QED) is 0.641. The number of nitrogen functional groups attached to an aromatic ring is 1. The SMILES string of the molecule is C#Cc1ccccc1NC(=CC)c1ccccc1N. The van der Waals surface area contributed by atoms with Crippen LogP contribution in [0, 0.1) is 12.3 Å². The third-order valence-corrected chi connectivity index (χ3v) is 2.89. The van der Waals surface area contributed by atoms with Crippen molar-refractivity contribution < 1.29 is 0 Å². The number of benzene rings is 2. The Balaban J connectivity index is 2.37. The van der Waals surface area contributed by atoms with Gasteiger partial charge < -0.3 is 11.1 Å². The van der Waals surface area contributed by atoms with Crippen LogP contribution in [0.5, 0.6) is 0 Å². The van der Waals surface area contributed by atoms with Crippen LogP contribution >= 0.6 is 0 Å². The van der Waals surface area contributed by atoms with Crippen LogP contribution in [0.3, 0.4) is 0 Å². The van der Waals surface area contributed by atoms with E-state index in [1.807, 2.05) is 61.5 Å². The molecule has 94 valence electrons. The summed E-state index contributed by atoms with van der Waals surface area (Å²) >= 11 is 0. The molecule has 0 aliphatic rings. The van der Waals surface area contributed by atoms with Crippen molar-refractivity contribution >= 4 is 17.1 Å². The van der Waals surface area contributed by atoms with Gasteiger partial charge in [0, 0.05) is 22.5 Å². The number of rotatable bonds is 3. The molecule has 0 spiro atoms. The molecule has 0 saturated heterocycles. The highest BCUT2D eigenvalue weighted by molar-refractivity contribution is 5.83. The van der Waals surface area contributed by atoms with E-state index in [4.69, 9.17) is 12.2 Å². The number of nitrogens with one attached hydrogen (secondary N) is 1. The fourth-order valence-corrected chi connectivity index (χ4v) is 1.90. The molecule has 19 heavy (non-hydrogen) atoms. The van der Waals surface area contributed by atoms with Crippen LogP contribution in [0.2, 0.25) is 0 Å². The lowest BCUT2D eigenvalue weighted by molar-refractivity contribution is 1.49. The molecule has 3 N–H and O–H groups in total. The smallest absolute Gasteiger partial charge is 0.0543 e. The van der Waals surface area contributed by atoms with E-state index >= 15 is 0 Å². The molecule has 0 saturated carbocycles. The van der Waals surface area contributed by atoms with E-state index in [9.17, 15) is 0 Å². The second-order valence-electron chi connectivity index (χ2n) is 4.10. The van der Waals surface area contributed by atoms with Crippen molar-refractivity contribution in [3.8, 4) is 12.3 Å². The monoisotopic (exact) mass is 248 g/mol. The molecule has 0 fully saturated rings. The van der Waals surface area contributed by atoms with Crippen LogP contribution in [-0.4, -0.2) is 0 Å². The van der Waals surface area contributed by atoms with E-state index in [2.05, 4.69) is 11.2 Å². The van der Waals surface area contributed by atoms with Gasteiger partial charge in [0.05, 0.1) is 5.69 Å². The van der Waals surface area contributed by atoms with Crippen molar-refractivity contribution in [1.82, 2.24) is 0 Å². The van der Waals surface area contributed by atoms with Gasteiger partial charge in [0.2, 0.25) is 0 Å². The molecule has 0 radical (unpaired) electrons. The van der Waals surface area contributed by atoms with Gasteiger partial charge >= 0.3 is 0 Å². The second kappa shape index (κ2) is 5.79. The maximum atomic E-state index is 6.00. The van der Waals surface area contributed by atoms with Crippen molar-refractivity contribution in [3.63, 3.8) is 0 Å². The molecule has 2 rings (SSSR count). The molecule has 0 bridgehead atoms. The van der Waals surface area contributed by atoms with Gasteiger partial charge in [-0.15, -0.1) is 6.42 Å². The number of hydrogen-bond acceptors (Lipinski definition) is 2. The molecule has 0 aliphatic carbocycles. The maximum absolute atomic E-state index is 6.00. The first-order valence-electron chi connectivity index (χ1n) is 6.10. The third-order valence-electron chi connectivity index (χ3n) is 2.89. The van der Waals surface area contributed by atoms with Gasteiger partial charge in [-0.05, 0) is 25.1 Å². The van der Waals surface area contributed by atoms with Gasteiger partial charge in [-0.1, -0.05) is 42.3 Å². The van der Waals surface area contributed by atoms with Gasteiger partial charge in [0.25, 0.3) is 0 Å². The van der Waals surface area contributed by atoms with Crippen LogP contribution in [0.15, 0.2) is 54.6 Å². The lowest BCUT2D eigenvalue weighted by Crippen LogP contribution is -2.03. The summed E-state index contributed by atoms with van der Waals surface area (Å²) in [6.07, 6.45) is 7.49. The molecule has 0 heterocycles. The summed E-state index contributed by atoms with van der Waals surface area (Å²) in [5.74, 6) is 2.67. The first-order valence-corrected chi connectivity index (χ1v) is 6.10. The Morgan fingerprint density at radius 2 is 1.84 bits per heavy atom. The van der Waals surface area contributed by atoms with Crippen LogP contribution in [0.1, 0.15) is 18.1 Å². The molecule has 2 nitrogen and oxygen atoms in total. The molecular weight excluding hydrogens is 232 g/mol. The van der Waals surface area contributed by atoms with E-state index in [1.165, 1.54) is 0 Å². The Bertz CT molecular complexity index is 648. The summed E-state index contributed by atoms with van der Waals surface area (Å²) < 4.78 is 0. The summed E-state index contributed by atoms with van der Waals surface area (Å²) in [7, 11) is 0. The number of allylic oxidation sites excluding steroid dienone is 1. The molecule has 0 aromatic heterocycles. The average molecular weight is 248 g/mol. The van der Waals surface area contributed by atoms with Crippen molar-refractivity contribution in [2.24, 2.45) is 0 Å².